The van der Waals surface area contributed by atoms with Crippen LogP contribution < -0.4 is 5.32 Å². The van der Waals surface area contributed by atoms with E-state index in [9.17, 15) is 0 Å². The number of likely N-dealkylation sites (N-methyl/N-ethyl adjacent to an activating group) is 1. The van der Waals surface area contributed by atoms with Gasteiger partial charge in [-0.2, -0.15) is 0 Å². The topological polar surface area (TPSA) is 26.2 Å². The highest BCUT2D eigenvalue weighted by atomic mass is 16.5. The minimum atomic E-state index is 0.674. The van der Waals surface area contributed by atoms with Crippen LogP contribution in [-0.2, 0) is 24.3 Å². The molecule has 24 heavy (non-hydrogen) atoms. The van der Waals surface area contributed by atoms with Crippen LogP contribution in [-0.4, -0.2) is 24.3 Å². The number of hydrogen-bond acceptors (Lipinski definition) is 2. The van der Waals surface area contributed by atoms with Crippen LogP contribution >= 0.6 is 0 Å². The first-order valence-electron chi connectivity index (χ1n) is 8.77. The van der Waals surface area contributed by atoms with Crippen LogP contribution in [0.3, 0.4) is 0 Å². The van der Waals surface area contributed by atoms with Crippen LogP contribution in [0, 0.1) is 0 Å². The summed E-state index contributed by atoms with van der Waals surface area (Å²) < 4.78 is 8.17. The number of rotatable bonds is 9. The third kappa shape index (κ3) is 4.25. The van der Waals surface area contributed by atoms with Gasteiger partial charge in [0.25, 0.3) is 0 Å². The summed E-state index contributed by atoms with van der Waals surface area (Å²) in [5.41, 5.74) is 3.93. The lowest BCUT2D eigenvalue weighted by atomic mass is 10.1. The van der Waals surface area contributed by atoms with Gasteiger partial charge in [0.1, 0.15) is 0 Å². The quantitative estimate of drug-likeness (QED) is 0.602. The summed E-state index contributed by atoms with van der Waals surface area (Å²) in [6, 6.07) is 19.0. The van der Waals surface area contributed by atoms with Gasteiger partial charge in [-0.3, -0.25) is 0 Å². The van der Waals surface area contributed by atoms with Crippen molar-refractivity contribution in [3.8, 4) is 0 Å². The van der Waals surface area contributed by atoms with Crippen molar-refractivity contribution < 1.29 is 4.74 Å². The van der Waals surface area contributed by atoms with E-state index in [4.69, 9.17) is 4.74 Å². The second kappa shape index (κ2) is 8.67. The Morgan fingerprint density at radius 1 is 1.00 bits per heavy atom. The van der Waals surface area contributed by atoms with E-state index in [1.54, 1.807) is 0 Å². The van der Waals surface area contributed by atoms with Gasteiger partial charge in [0.15, 0.2) is 0 Å². The number of para-hydroxylation sites is 1. The van der Waals surface area contributed by atoms with Crippen LogP contribution in [0.1, 0.15) is 18.1 Å². The summed E-state index contributed by atoms with van der Waals surface area (Å²) in [5, 5.41) is 4.77. The molecule has 3 rings (SSSR count). The van der Waals surface area contributed by atoms with Gasteiger partial charge in [-0.15, -0.1) is 0 Å². The lowest BCUT2D eigenvalue weighted by Gasteiger charge is -2.07. The zero-order chi connectivity index (χ0) is 16.6. The summed E-state index contributed by atoms with van der Waals surface area (Å²) >= 11 is 0. The molecular weight excluding hydrogens is 296 g/mol. The predicted molar refractivity (Wildman–Crippen MR) is 100 cm³/mol. The predicted octanol–water partition coefficient (Wildman–Crippen LogP) is 4.01. The minimum Gasteiger partial charge on any atom is -0.375 e. The molecule has 0 radical (unpaired) electrons. The summed E-state index contributed by atoms with van der Waals surface area (Å²) in [6.45, 7) is 6.47. The molecule has 0 spiro atoms. The molecule has 1 N–H and O–H groups in total. The summed E-state index contributed by atoms with van der Waals surface area (Å²) in [6.07, 6.45) is 3.35. The molecule has 0 fully saturated rings. The number of nitrogens with one attached hydrogen (secondary N) is 1. The smallest absolute Gasteiger partial charge is 0.0717 e. The van der Waals surface area contributed by atoms with Gasteiger partial charge in [-0.1, -0.05) is 55.5 Å². The maximum atomic E-state index is 5.85. The molecule has 0 saturated carbocycles. The van der Waals surface area contributed by atoms with Gasteiger partial charge in [0.2, 0.25) is 0 Å². The third-order valence-corrected chi connectivity index (χ3v) is 4.28. The van der Waals surface area contributed by atoms with Crippen LogP contribution in [0.25, 0.3) is 10.9 Å². The number of aromatic nitrogens is 1. The van der Waals surface area contributed by atoms with Gasteiger partial charge < -0.3 is 14.6 Å². The zero-order valence-corrected chi connectivity index (χ0v) is 14.4. The molecule has 0 atom stereocenters. The molecular formula is C21H26N2O. The Kier molecular flexibility index (Phi) is 6.05. The molecule has 0 aliphatic heterocycles. The molecule has 0 aliphatic rings. The van der Waals surface area contributed by atoms with Gasteiger partial charge >= 0.3 is 0 Å². The van der Waals surface area contributed by atoms with E-state index in [1.807, 2.05) is 6.07 Å². The van der Waals surface area contributed by atoms with Crippen molar-refractivity contribution in [1.82, 2.24) is 9.88 Å². The van der Waals surface area contributed by atoms with E-state index in [0.29, 0.717) is 6.61 Å². The summed E-state index contributed by atoms with van der Waals surface area (Å²) in [5.74, 6) is 0. The summed E-state index contributed by atoms with van der Waals surface area (Å²) in [4.78, 5) is 0. The van der Waals surface area contributed by atoms with Crippen LogP contribution in [0.15, 0.2) is 60.8 Å². The Balaban J connectivity index is 1.61. The van der Waals surface area contributed by atoms with E-state index in [-0.39, 0.29) is 0 Å². The molecule has 3 nitrogen and oxygen atoms in total. The number of nitrogens with zero attached hydrogens (tertiary/aromatic N) is 1. The SMILES string of the molecule is CCNCCc1cn(CCOCc2ccccc2)c2ccccc12. The Bertz CT molecular complexity index is 749. The number of fused-ring (bicyclic) bond motifs is 1. The van der Waals surface area contributed by atoms with Crippen LogP contribution in [0.2, 0.25) is 0 Å². The van der Waals surface area contributed by atoms with Crippen molar-refractivity contribution in [2.75, 3.05) is 19.7 Å². The maximum absolute atomic E-state index is 5.85. The fraction of sp³-hybridized carbons (Fsp3) is 0.333. The van der Waals surface area contributed by atoms with Gasteiger partial charge in [-0.05, 0) is 36.7 Å². The molecule has 3 heteroatoms. The molecule has 0 bridgehead atoms. The second-order valence-corrected chi connectivity index (χ2v) is 6.01. The highest BCUT2D eigenvalue weighted by Gasteiger charge is 2.07. The largest absolute Gasteiger partial charge is 0.375 e. The Morgan fingerprint density at radius 3 is 2.62 bits per heavy atom. The van der Waals surface area contributed by atoms with E-state index in [2.05, 4.69) is 71.5 Å². The molecule has 0 amide bonds. The van der Waals surface area contributed by atoms with Crippen molar-refractivity contribution in [2.24, 2.45) is 0 Å². The second-order valence-electron chi connectivity index (χ2n) is 6.01. The lowest BCUT2D eigenvalue weighted by molar-refractivity contribution is 0.114. The zero-order valence-electron chi connectivity index (χ0n) is 14.4. The Morgan fingerprint density at radius 2 is 1.79 bits per heavy atom. The van der Waals surface area contributed by atoms with Gasteiger partial charge in [0.05, 0.1) is 13.2 Å². The Hall–Kier alpha value is -2.10. The molecule has 0 aliphatic carbocycles. The molecule has 126 valence electrons. The van der Waals surface area contributed by atoms with Crippen molar-refractivity contribution in [3.63, 3.8) is 0 Å². The average molecular weight is 322 g/mol. The Labute approximate surface area is 144 Å². The van der Waals surface area contributed by atoms with E-state index in [0.717, 1.165) is 32.7 Å². The minimum absolute atomic E-state index is 0.674. The molecule has 1 heterocycles. The number of hydrogen-bond donors (Lipinski definition) is 1. The van der Waals surface area contributed by atoms with Crippen molar-refractivity contribution in [3.05, 3.63) is 71.9 Å². The lowest BCUT2D eigenvalue weighted by Crippen LogP contribution is -2.15. The molecule has 2 aromatic carbocycles. The first-order valence-corrected chi connectivity index (χ1v) is 8.77. The maximum Gasteiger partial charge on any atom is 0.0717 e. The van der Waals surface area contributed by atoms with Gasteiger partial charge in [0, 0.05) is 23.6 Å². The van der Waals surface area contributed by atoms with Crippen LogP contribution in [0.4, 0.5) is 0 Å². The first-order chi connectivity index (χ1) is 11.9. The molecule has 0 unspecified atom stereocenters. The monoisotopic (exact) mass is 322 g/mol. The van der Waals surface area contributed by atoms with E-state index >= 15 is 0 Å². The van der Waals surface area contributed by atoms with Gasteiger partial charge in [-0.25, -0.2) is 0 Å². The highest BCUT2D eigenvalue weighted by Crippen LogP contribution is 2.21. The average Bonchev–Trinajstić information content (AvgIpc) is 2.98. The summed E-state index contributed by atoms with van der Waals surface area (Å²) in [7, 11) is 0. The van der Waals surface area contributed by atoms with E-state index < -0.39 is 0 Å². The fourth-order valence-corrected chi connectivity index (χ4v) is 3.03. The van der Waals surface area contributed by atoms with Crippen molar-refractivity contribution >= 4 is 10.9 Å². The fourth-order valence-electron chi connectivity index (χ4n) is 3.03. The van der Waals surface area contributed by atoms with Crippen molar-refractivity contribution in [2.45, 2.75) is 26.5 Å². The molecule has 3 aromatic rings. The molecule has 1 aromatic heterocycles. The van der Waals surface area contributed by atoms with E-state index in [1.165, 1.54) is 22.0 Å². The van der Waals surface area contributed by atoms with Crippen molar-refractivity contribution in [1.29, 1.82) is 0 Å². The normalized spacial score (nSPS) is 11.2. The third-order valence-electron chi connectivity index (χ3n) is 4.28. The number of ether oxygens (including phenoxy) is 1. The van der Waals surface area contributed by atoms with Crippen LogP contribution in [0.5, 0.6) is 0 Å². The first kappa shape index (κ1) is 16.7. The molecule has 0 saturated heterocycles. The number of benzene rings is 2. The highest BCUT2D eigenvalue weighted by molar-refractivity contribution is 5.84. The standard InChI is InChI=1S/C21H26N2O/c1-2-22-13-12-19-16-23(21-11-7-6-10-20(19)21)14-15-24-17-18-8-4-3-5-9-18/h3-11,16,22H,2,12-15,17H2,1H3.